The zero-order valence-corrected chi connectivity index (χ0v) is 20.4. The van der Waals surface area contributed by atoms with Crippen molar-refractivity contribution in [3.63, 3.8) is 0 Å². The molecule has 0 spiro atoms. The van der Waals surface area contributed by atoms with E-state index in [0.717, 1.165) is 55.3 Å². The maximum Gasteiger partial charge on any atom is 0.314 e. The smallest absolute Gasteiger partial charge is 0.314 e. The molecule has 0 amide bonds. The predicted octanol–water partition coefficient (Wildman–Crippen LogP) is 8.60. The Morgan fingerprint density at radius 3 is 1.88 bits per heavy atom. The van der Waals surface area contributed by atoms with Crippen LogP contribution in [0.4, 0.5) is 4.39 Å². The van der Waals surface area contributed by atoms with Gasteiger partial charge in [-0.05, 0) is 106 Å². The Labute approximate surface area is 198 Å². The second-order valence-electron chi connectivity index (χ2n) is 10.9. The second-order valence-corrected chi connectivity index (χ2v) is 11.3. The molecule has 0 N–H and O–H groups in total. The van der Waals surface area contributed by atoms with Crippen LogP contribution >= 0.6 is 11.6 Å². The Morgan fingerprint density at radius 1 is 0.875 bits per heavy atom. The van der Waals surface area contributed by atoms with E-state index in [1.54, 1.807) is 0 Å². The number of ether oxygens (including phenoxy) is 1. The lowest BCUT2D eigenvalue weighted by molar-refractivity contribution is -0.140. The summed E-state index contributed by atoms with van der Waals surface area (Å²) in [5.74, 6) is 4.23. The Balaban J connectivity index is 1.17. The molecular weight excluding hydrogens is 423 g/mol. The van der Waals surface area contributed by atoms with Gasteiger partial charge < -0.3 is 4.74 Å². The summed E-state index contributed by atoms with van der Waals surface area (Å²) >= 11 is 5.80. The number of benzene rings is 1. The first-order valence-electron chi connectivity index (χ1n) is 13.2. The molecule has 0 aliphatic heterocycles. The van der Waals surface area contributed by atoms with Crippen molar-refractivity contribution >= 4 is 17.6 Å². The maximum atomic E-state index is 13.3. The van der Waals surface area contributed by atoms with E-state index in [4.69, 9.17) is 16.3 Å². The Kier molecular flexibility index (Phi) is 8.54. The lowest BCUT2D eigenvalue weighted by Crippen LogP contribution is -2.31. The van der Waals surface area contributed by atoms with Gasteiger partial charge in [-0.3, -0.25) is 4.79 Å². The van der Waals surface area contributed by atoms with Crippen molar-refractivity contribution < 1.29 is 13.9 Å². The average molecular weight is 463 g/mol. The van der Waals surface area contributed by atoms with Crippen molar-refractivity contribution in [3.8, 4) is 5.75 Å². The molecule has 3 fully saturated rings. The average Bonchev–Trinajstić information content (AvgIpc) is 2.82. The molecular formula is C28H40ClFO2. The van der Waals surface area contributed by atoms with E-state index in [-0.39, 0.29) is 16.9 Å². The van der Waals surface area contributed by atoms with Crippen LogP contribution in [0.15, 0.2) is 18.2 Å². The molecule has 3 saturated carbocycles. The highest BCUT2D eigenvalue weighted by Gasteiger charge is 2.36. The minimum absolute atomic E-state index is 0.0105. The van der Waals surface area contributed by atoms with Gasteiger partial charge in [0.25, 0.3) is 0 Å². The molecule has 0 radical (unpaired) electrons. The summed E-state index contributed by atoms with van der Waals surface area (Å²) < 4.78 is 18.8. The van der Waals surface area contributed by atoms with Crippen molar-refractivity contribution in [1.82, 2.24) is 0 Å². The zero-order valence-electron chi connectivity index (χ0n) is 19.7. The highest BCUT2D eigenvalue weighted by Crippen LogP contribution is 2.46. The minimum atomic E-state index is -0.495. The molecule has 0 atom stereocenters. The molecule has 32 heavy (non-hydrogen) atoms. The number of hydrogen-bond donors (Lipinski definition) is 0. The van der Waals surface area contributed by atoms with Crippen LogP contribution in [0.1, 0.15) is 96.8 Å². The first kappa shape index (κ1) is 24.0. The van der Waals surface area contributed by atoms with Crippen LogP contribution in [-0.2, 0) is 4.79 Å². The quantitative estimate of drug-likeness (QED) is 0.312. The molecule has 0 heterocycles. The Hall–Kier alpha value is -1.09. The molecule has 1 aromatic rings. The fourth-order valence-electron chi connectivity index (χ4n) is 7.01. The van der Waals surface area contributed by atoms with Crippen LogP contribution in [0.25, 0.3) is 0 Å². The van der Waals surface area contributed by atoms with E-state index in [9.17, 15) is 9.18 Å². The maximum absolute atomic E-state index is 13.3. The van der Waals surface area contributed by atoms with Gasteiger partial charge in [-0.1, -0.05) is 44.2 Å². The molecule has 2 nitrogen and oxygen atoms in total. The van der Waals surface area contributed by atoms with E-state index < -0.39 is 5.82 Å². The highest BCUT2D eigenvalue weighted by atomic mass is 35.5. The normalized spacial score (nSPS) is 33.6. The third-order valence-electron chi connectivity index (χ3n) is 8.95. The van der Waals surface area contributed by atoms with Gasteiger partial charge in [-0.15, -0.1) is 0 Å². The molecule has 0 aromatic heterocycles. The van der Waals surface area contributed by atoms with Crippen LogP contribution in [0.3, 0.4) is 0 Å². The Morgan fingerprint density at radius 2 is 1.38 bits per heavy atom. The van der Waals surface area contributed by atoms with Crippen molar-refractivity contribution in [2.75, 3.05) is 0 Å². The fraction of sp³-hybridized carbons (Fsp3) is 0.750. The number of rotatable bonds is 6. The Bertz CT molecular complexity index is 742. The summed E-state index contributed by atoms with van der Waals surface area (Å²) in [6.07, 6.45) is 18.5. The van der Waals surface area contributed by atoms with Gasteiger partial charge in [0, 0.05) is 6.07 Å². The molecule has 4 rings (SSSR count). The third kappa shape index (κ3) is 6.07. The largest absolute Gasteiger partial charge is 0.426 e. The minimum Gasteiger partial charge on any atom is -0.426 e. The van der Waals surface area contributed by atoms with E-state index in [1.807, 2.05) is 0 Å². The van der Waals surface area contributed by atoms with Crippen LogP contribution in [0.2, 0.25) is 5.02 Å². The van der Waals surface area contributed by atoms with Crippen molar-refractivity contribution in [2.45, 2.75) is 96.8 Å². The SMILES string of the molecule is CCCC1CCC(C2CCC(C3CCC(C(=O)Oc4ccc(F)c(Cl)c4)CC3)CC2)CC1. The van der Waals surface area contributed by atoms with E-state index in [1.165, 1.54) is 82.4 Å². The van der Waals surface area contributed by atoms with Gasteiger partial charge in [0.2, 0.25) is 0 Å². The first-order valence-corrected chi connectivity index (χ1v) is 13.6. The predicted molar refractivity (Wildman–Crippen MR) is 128 cm³/mol. The van der Waals surface area contributed by atoms with E-state index in [0.29, 0.717) is 5.75 Å². The number of carbonyl (C=O) groups is 1. The van der Waals surface area contributed by atoms with Gasteiger partial charge in [0.1, 0.15) is 11.6 Å². The van der Waals surface area contributed by atoms with Crippen LogP contribution in [-0.4, -0.2) is 5.97 Å². The molecule has 0 bridgehead atoms. The van der Waals surface area contributed by atoms with Crippen molar-refractivity contribution in [1.29, 1.82) is 0 Å². The van der Waals surface area contributed by atoms with Crippen molar-refractivity contribution in [3.05, 3.63) is 29.0 Å². The number of esters is 1. The summed E-state index contributed by atoms with van der Waals surface area (Å²) in [7, 11) is 0. The number of carbonyl (C=O) groups excluding carboxylic acids is 1. The summed E-state index contributed by atoms with van der Waals surface area (Å²) in [5, 5.41) is -0.0105. The number of hydrogen-bond acceptors (Lipinski definition) is 2. The second kappa shape index (κ2) is 11.4. The summed E-state index contributed by atoms with van der Waals surface area (Å²) in [6, 6.07) is 4.10. The number of halogens is 2. The fourth-order valence-corrected chi connectivity index (χ4v) is 7.18. The molecule has 1 aromatic carbocycles. The van der Waals surface area contributed by atoms with Crippen LogP contribution in [0, 0.1) is 41.3 Å². The topological polar surface area (TPSA) is 26.3 Å². The molecule has 0 saturated heterocycles. The highest BCUT2D eigenvalue weighted by molar-refractivity contribution is 6.30. The first-order chi connectivity index (χ1) is 15.5. The van der Waals surface area contributed by atoms with Gasteiger partial charge in [-0.2, -0.15) is 0 Å². The van der Waals surface area contributed by atoms with Crippen molar-refractivity contribution in [2.24, 2.45) is 35.5 Å². The molecule has 3 aliphatic rings. The molecule has 4 heteroatoms. The summed E-state index contributed by atoms with van der Waals surface area (Å²) in [4.78, 5) is 12.6. The third-order valence-corrected chi connectivity index (χ3v) is 9.24. The summed E-state index contributed by atoms with van der Waals surface area (Å²) in [6.45, 7) is 2.32. The standard InChI is InChI=1S/C28H40ClFO2/c1-2-3-19-4-6-20(7-5-19)21-8-10-22(11-9-21)23-12-14-24(15-13-23)28(31)32-25-16-17-27(30)26(29)18-25/h16-24H,2-15H2,1H3. The molecule has 3 aliphatic carbocycles. The van der Waals surface area contributed by atoms with Gasteiger partial charge in [-0.25, -0.2) is 4.39 Å². The lowest BCUT2D eigenvalue weighted by Gasteiger charge is -2.41. The monoisotopic (exact) mass is 462 g/mol. The lowest BCUT2D eigenvalue weighted by atomic mass is 9.65. The van der Waals surface area contributed by atoms with E-state index >= 15 is 0 Å². The zero-order chi connectivity index (χ0) is 22.5. The van der Waals surface area contributed by atoms with Gasteiger partial charge in [0.15, 0.2) is 0 Å². The molecule has 0 unspecified atom stereocenters. The van der Waals surface area contributed by atoms with Crippen LogP contribution < -0.4 is 4.74 Å². The van der Waals surface area contributed by atoms with E-state index in [2.05, 4.69) is 6.92 Å². The van der Waals surface area contributed by atoms with Crippen LogP contribution in [0.5, 0.6) is 5.75 Å². The van der Waals surface area contributed by atoms with Gasteiger partial charge in [0.05, 0.1) is 10.9 Å². The summed E-state index contributed by atoms with van der Waals surface area (Å²) in [5.41, 5.74) is 0. The van der Waals surface area contributed by atoms with Gasteiger partial charge >= 0.3 is 5.97 Å². The molecule has 178 valence electrons.